The van der Waals surface area contributed by atoms with Crippen LogP contribution in [0, 0.1) is 11.8 Å². The molecule has 3 heterocycles. The van der Waals surface area contributed by atoms with Crippen LogP contribution in [0.2, 0.25) is 0 Å². The zero-order chi connectivity index (χ0) is 24.0. The summed E-state index contributed by atoms with van der Waals surface area (Å²) < 4.78 is 5.48. The van der Waals surface area contributed by atoms with Crippen molar-refractivity contribution in [1.29, 1.82) is 0 Å². The summed E-state index contributed by atoms with van der Waals surface area (Å²) in [5.74, 6) is -0.248. The number of rotatable bonds is 4. The minimum atomic E-state index is -0.421. The van der Waals surface area contributed by atoms with Gasteiger partial charge in [0.25, 0.3) is 0 Å². The van der Waals surface area contributed by atoms with E-state index in [1.807, 2.05) is 25.7 Å². The highest BCUT2D eigenvalue weighted by Crippen LogP contribution is 2.51. The number of carbonyl (C=O) groups excluding carboxylic acids is 2. The third-order valence-electron chi connectivity index (χ3n) is 7.29. The zero-order valence-corrected chi connectivity index (χ0v) is 20.5. The fourth-order valence-electron chi connectivity index (χ4n) is 5.63. The minimum absolute atomic E-state index is 0.0772. The van der Waals surface area contributed by atoms with Crippen LogP contribution in [-0.2, 0) is 9.53 Å². The van der Waals surface area contributed by atoms with Gasteiger partial charge in [0.05, 0.1) is 25.2 Å². The Kier molecular flexibility index (Phi) is 5.96. The van der Waals surface area contributed by atoms with Gasteiger partial charge in [0, 0.05) is 49.6 Å². The van der Waals surface area contributed by atoms with E-state index in [0.717, 1.165) is 56.8 Å². The monoisotopic (exact) mass is 467 g/mol. The molecule has 5 rings (SSSR count). The molecule has 8 nitrogen and oxygen atoms in total. The maximum atomic E-state index is 12.9. The normalized spacial score (nSPS) is 25.4. The third-order valence-corrected chi connectivity index (χ3v) is 7.29. The zero-order valence-electron chi connectivity index (χ0n) is 20.5. The number of hydrogen-bond acceptors (Lipinski definition) is 5. The summed E-state index contributed by atoms with van der Waals surface area (Å²) in [7, 11) is 0. The predicted molar refractivity (Wildman–Crippen MR) is 132 cm³/mol. The van der Waals surface area contributed by atoms with Crippen molar-refractivity contribution in [2.75, 3.05) is 50.8 Å². The predicted octanol–water partition coefficient (Wildman–Crippen LogP) is 2.25. The molecule has 2 unspecified atom stereocenters. The number of ether oxygens (including phenoxy) is 1. The van der Waals surface area contributed by atoms with Gasteiger partial charge in [0.15, 0.2) is 0 Å². The van der Waals surface area contributed by atoms with Gasteiger partial charge in [0.2, 0.25) is 5.91 Å². The quantitative estimate of drug-likeness (QED) is 0.709. The fourth-order valence-corrected chi connectivity index (χ4v) is 5.63. The summed E-state index contributed by atoms with van der Waals surface area (Å²) >= 11 is 0. The van der Waals surface area contributed by atoms with Gasteiger partial charge in [-0.25, -0.2) is 4.79 Å². The van der Waals surface area contributed by atoms with Crippen molar-refractivity contribution in [3.8, 4) is 0 Å². The lowest BCUT2D eigenvalue weighted by atomic mass is 9.87. The first-order valence-electron chi connectivity index (χ1n) is 12.5. The smallest absolute Gasteiger partial charge is 0.317 e. The highest BCUT2D eigenvalue weighted by Gasteiger charge is 2.50. The van der Waals surface area contributed by atoms with E-state index < -0.39 is 5.92 Å². The molecular formula is C26H37N5O3. The van der Waals surface area contributed by atoms with E-state index in [-0.39, 0.29) is 23.5 Å². The summed E-state index contributed by atoms with van der Waals surface area (Å²) in [5.41, 5.74) is 10.3. The second-order valence-corrected chi connectivity index (χ2v) is 11.0. The molecule has 184 valence electrons. The summed E-state index contributed by atoms with van der Waals surface area (Å²) in [5, 5.41) is 3.06. The van der Waals surface area contributed by atoms with Gasteiger partial charge < -0.3 is 30.5 Å². The van der Waals surface area contributed by atoms with Gasteiger partial charge >= 0.3 is 6.03 Å². The van der Waals surface area contributed by atoms with Crippen LogP contribution in [-0.4, -0.2) is 79.3 Å². The first kappa shape index (κ1) is 23.0. The summed E-state index contributed by atoms with van der Waals surface area (Å²) in [4.78, 5) is 32.3. The largest absolute Gasteiger partial charge is 0.378 e. The van der Waals surface area contributed by atoms with Crippen LogP contribution in [0.5, 0.6) is 0 Å². The standard InChI is InChI=1S/C26H37N5O3/c1-26(2,3)28-25(33)30-10-11-31-20(16-30)22(24(27)32)21(23(31)18-4-5-18)17-6-8-19(9-7-17)29-12-14-34-15-13-29/h6-9,18,20,22H,4-5,10-16H2,1-3H3,(H2,27,32)(H,28,33). The van der Waals surface area contributed by atoms with Gasteiger partial charge in [-0.3, -0.25) is 4.79 Å². The maximum absolute atomic E-state index is 12.9. The van der Waals surface area contributed by atoms with Gasteiger partial charge in [-0.05, 0) is 62.8 Å². The molecule has 3 N–H and O–H groups in total. The number of fused-ring (bicyclic) bond motifs is 1. The number of hydrogen-bond donors (Lipinski definition) is 2. The number of urea groups is 1. The van der Waals surface area contributed by atoms with Gasteiger partial charge in [0.1, 0.15) is 0 Å². The molecular weight excluding hydrogens is 430 g/mol. The Morgan fingerprint density at radius 2 is 1.71 bits per heavy atom. The number of carbonyl (C=O) groups is 2. The molecule has 0 spiro atoms. The Morgan fingerprint density at radius 1 is 1.03 bits per heavy atom. The molecule has 0 bridgehead atoms. The molecule has 1 saturated carbocycles. The van der Waals surface area contributed by atoms with Crippen molar-refractivity contribution >= 4 is 23.2 Å². The van der Waals surface area contributed by atoms with Gasteiger partial charge in [-0.15, -0.1) is 0 Å². The highest BCUT2D eigenvalue weighted by molar-refractivity contribution is 5.95. The molecule has 34 heavy (non-hydrogen) atoms. The van der Waals surface area contributed by atoms with Crippen LogP contribution in [0.25, 0.3) is 5.57 Å². The third kappa shape index (κ3) is 4.48. The van der Waals surface area contributed by atoms with E-state index in [1.165, 1.54) is 11.4 Å². The number of piperazine rings is 1. The number of amides is 3. The van der Waals surface area contributed by atoms with Gasteiger partial charge in [-0.1, -0.05) is 12.1 Å². The summed E-state index contributed by atoms with van der Waals surface area (Å²) in [6, 6.07) is 8.39. The number of allylic oxidation sites excluding steroid dienone is 1. The number of nitrogens with one attached hydrogen (secondary N) is 1. The molecule has 8 heteroatoms. The van der Waals surface area contributed by atoms with Crippen molar-refractivity contribution in [1.82, 2.24) is 15.1 Å². The molecule has 3 amide bonds. The van der Waals surface area contributed by atoms with E-state index in [1.54, 1.807) is 0 Å². The Bertz CT molecular complexity index is 973. The molecule has 1 aromatic carbocycles. The lowest BCUT2D eigenvalue weighted by Gasteiger charge is -2.42. The van der Waals surface area contributed by atoms with Crippen LogP contribution < -0.4 is 16.0 Å². The lowest BCUT2D eigenvalue weighted by Crippen LogP contribution is -2.59. The topological polar surface area (TPSA) is 91.1 Å². The number of anilines is 1. The maximum Gasteiger partial charge on any atom is 0.317 e. The Balaban J connectivity index is 1.44. The Hall–Kier alpha value is -2.74. The van der Waals surface area contributed by atoms with Crippen molar-refractivity contribution in [3.05, 3.63) is 35.5 Å². The fraction of sp³-hybridized carbons (Fsp3) is 0.615. The molecule has 3 fully saturated rings. The molecule has 1 aliphatic carbocycles. The molecule has 4 aliphatic rings. The van der Waals surface area contributed by atoms with E-state index in [0.29, 0.717) is 19.0 Å². The van der Waals surface area contributed by atoms with Crippen LogP contribution >= 0.6 is 0 Å². The van der Waals surface area contributed by atoms with Crippen LogP contribution in [0.4, 0.5) is 10.5 Å². The summed E-state index contributed by atoms with van der Waals surface area (Å²) in [6.07, 6.45) is 2.29. The van der Waals surface area contributed by atoms with E-state index in [9.17, 15) is 9.59 Å². The first-order chi connectivity index (χ1) is 16.2. The molecule has 2 atom stereocenters. The number of primary amides is 1. The number of morpholine rings is 1. The SMILES string of the molecule is CC(C)(C)NC(=O)N1CCN2C(C3CC3)=C(c3ccc(N4CCOCC4)cc3)C(C(N)=O)C2C1. The van der Waals surface area contributed by atoms with E-state index in [4.69, 9.17) is 10.5 Å². The molecule has 0 aromatic heterocycles. The molecule has 1 aromatic rings. The van der Waals surface area contributed by atoms with Crippen molar-refractivity contribution in [2.45, 2.75) is 45.2 Å². The number of benzene rings is 1. The van der Waals surface area contributed by atoms with Crippen molar-refractivity contribution in [2.24, 2.45) is 17.6 Å². The van der Waals surface area contributed by atoms with Crippen LogP contribution in [0.1, 0.15) is 39.2 Å². The van der Waals surface area contributed by atoms with Crippen molar-refractivity contribution < 1.29 is 14.3 Å². The molecule has 3 aliphatic heterocycles. The highest BCUT2D eigenvalue weighted by atomic mass is 16.5. The van der Waals surface area contributed by atoms with E-state index >= 15 is 0 Å². The summed E-state index contributed by atoms with van der Waals surface area (Å²) in [6.45, 7) is 11.1. The second-order valence-electron chi connectivity index (χ2n) is 11.0. The van der Waals surface area contributed by atoms with Crippen molar-refractivity contribution in [3.63, 3.8) is 0 Å². The minimum Gasteiger partial charge on any atom is -0.378 e. The average Bonchev–Trinajstić information content (AvgIpc) is 3.58. The lowest BCUT2D eigenvalue weighted by molar-refractivity contribution is -0.121. The Labute approximate surface area is 202 Å². The van der Waals surface area contributed by atoms with Crippen LogP contribution in [0.15, 0.2) is 30.0 Å². The van der Waals surface area contributed by atoms with Gasteiger partial charge in [-0.2, -0.15) is 0 Å². The number of nitrogens with zero attached hydrogens (tertiary/aromatic N) is 3. The van der Waals surface area contributed by atoms with Crippen LogP contribution in [0.3, 0.4) is 0 Å². The molecule has 2 saturated heterocycles. The number of nitrogens with two attached hydrogens (primary N) is 1. The second kappa shape index (κ2) is 8.80. The average molecular weight is 468 g/mol. The molecule has 0 radical (unpaired) electrons. The van der Waals surface area contributed by atoms with E-state index in [2.05, 4.69) is 39.4 Å². The Morgan fingerprint density at radius 3 is 2.29 bits per heavy atom. The first-order valence-corrected chi connectivity index (χ1v) is 12.5.